The normalized spacial score (nSPS) is 18.0. The van der Waals surface area contributed by atoms with Crippen molar-refractivity contribution in [2.75, 3.05) is 39.6 Å². The molecule has 1 amide bonds. The van der Waals surface area contributed by atoms with Crippen molar-refractivity contribution in [1.82, 2.24) is 10.2 Å². The molecule has 32 heavy (non-hydrogen) atoms. The number of ether oxygens (including phenoxy) is 2. The number of rotatable bonds is 5. The number of anilines is 1. The van der Waals surface area contributed by atoms with Crippen LogP contribution in [0.3, 0.4) is 0 Å². The second-order valence-electron chi connectivity index (χ2n) is 9.47. The lowest BCUT2D eigenvalue weighted by molar-refractivity contribution is 0.0313. The lowest BCUT2D eigenvalue weighted by Gasteiger charge is -2.30. The second-order valence-corrected chi connectivity index (χ2v) is 9.47. The van der Waals surface area contributed by atoms with Crippen LogP contribution in [-0.4, -0.2) is 56.9 Å². The van der Waals surface area contributed by atoms with Crippen LogP contribution in [0.2, 0.25) is 0 Å². The summed E-state index contributed by atoms with van der Waals surface area (Å²) in [5.41, 5.74) is 3.31. The van der Waals surface area contributed by atoms with Crippen LogP contribution in [0.15, 0.2) is 30.4 Å². The Labute approximate surface area is 193 Å². The van der Waals surface area contributed by atoms with Gasteiger partial charge < -0.3 is 25.0 Å². The molecule has 2 unspecified atom stereocenters. The highest BCUT2D eigenvalue weighted by Gasteiger charge is 2.22. The van der Waals surface area contributed by atoms with Gasteiger partial charge in [0.1, 0.15) is 5.60 Å². The number of carbonyl (C=O) groups excluding carboxylic acids is 2. The first-order valence-corrected chi connectivity index (χ1v) is 11.1. The van der Waals surface area contributed by atoms with Gasteiger partial charge in [-0.3, -0.25) is 0 Å². The highest BCUT2D eigenvalue weighted by atomic mass is 16.6. The minimum absolute atomic E-state index is 0.298. The molecule has 1 heterocycles. The lowest BCUT2D eigenvalue weighted by atomic mass is 9.89. The van der Waals surface area contributed by atoms with Crippen molar-refractivity contribution < 1.29 is 19.1 Å². The molecule has 0 aromatic heterocycles. The van der Waals surface area contributed by atoms with Gasteiger partial charge in [0.15, 0.2) is 0 Å². The number of hydrogen-bond donors (Lipinski definition) is 2. The van der Waals surface area contributed by atoms with E-state index in [1.54, 1.807) is 7.05 Å². The third kappa shape index (κ3) is 9.30. The molecular weight excluding hydrogens is 406 g/mol. The standard InChI is InChI=1S/C15H22N2O2.C10H19NO2/c1-10-6-7-17-14(8-10)12-5-4-11(15(18)19-3)9-13(12)16-2;1-8(2)7-11(6)9(12)13-10(3,4)5/h4-5,9-10,14,16-17H,6-8H2,1-3H3;1,7H2,2-6H3. The molecule has 0 spiro atoms. The summed E-state index contributed by atoms with van der Waals surface area (Å²) in [7, 11) is 4.98. The van der Waals surface area contributed by atoms with E-state index in [4.69, 9.17) is 9.47 Å². The van der Waals surface area contributed by atoms with Gasteiger partial charge in [0, 0.05) is 32.4 Å². The van der Waals surface area contributed by atoms with Crippen LogP contribution >= 0.6 is 0 Å². The maximum Gasteiger partial charge on any atom is 0.410 e. The van der Waals surface area contributed by atoms with Gasteiger partial charge in [-0.05, 0) is 70.7 Å². The fourth-order valence-electron chi connectivity index (χ4n) is 3.48. The van der Waals surface area contributed by atoms with E-state index in [0.717, 1.165) is 30.1 Å². The van der Waals surface area contributed by atoms with Gasteiger partial charge in [0.25, 0.3) is 0 Å². The van der Waals surface area contributed by atoms with E-state index in [1.807, 2.05) is 52.9 Å². The van der Waals surface area contributed by atoms with Gasteiger partial charge in [0.2, 0.25) is 0 Å². The Morgan fingerprint density at radius 3 is 2.47 bits per heavy atom. The molecule has 0 aliphatic carbocycles. The monoisotopic (exact) mass is 447 g/mol. The van der Waals surface area contributed by atoms with E-state index in [9.17, 15) is 9.59 Å². The van der Waals surface area contributed by atoms with Gasteiger partial charge >= 0.3 is 12.1 Å². The van der Waals surface area contributed by atoms with Gasteiger partial charge in [-0.25, -0.2) is 9.59 Å². The van der Waals surface area contributed by atoms with E-state index in [-0.39, 0.29) is 12.1 Å². The van der Waals surface area contributed by atoms with E-state index in [0.29, 0.717) is 18.2 Å². The Balaban J connectivity index is 0.000000347. The summed E-state index contributed by atoms with van der Waals surface area (Å²) in [4.78, 5) is 24.4. The summed E-state index contributed by atoms with van der Waals surface area (Å²) < 4.78 is 9.90. The first-order valence-electron chi connectivity index (χ1n) is 11.1. The Kier molecular flexibility index (Phi) is 10.7. The summed E-state index contributed by atoms with van der Waals surface area (Å²) in [6, 6.07) is 6.08. The first kappa shape index (κ1) is 27.5. The van der Waals surface area contributed by atoms with Crippen LogP contribution in [0.25, 0.3) is 0 Å². The number of hydrogen-bond acceptors (Lipinski definition) is 6. The zero-order chi connectivity index (χ0) is 24.5. The van der Waals surface area contributed by atoms with E-state index >= 15 is 0 Å². The predicted octanol–water partition coefficient (Wildman–Crippen LogP) is 5.00. The maximum atomic E-state index is 11.6. The topological polar surface area (TPSA) is 79.9 Å². The average Bonchev–Trinajstić information content (AvgIpc) is 2.71. The molecule has 0 bridgehead atoms. The number of piperidine rings is 1. The van der Waals surface area contributed by atoms with Crippen LogP contribution in [-0.2, 0) is 9.47 Å². The van der Waals surface area contributed by atoms with Crippen LogP contribution in [0.4, 0.5) is 10.5 Å². The quantitative estimate of drug-likeness (QED) is 0.488. The predicted molar refractivity (Wildman–Crippen MR) is 130 cm³/mol. The summed E-state index contributed by atoms with van der Waals surface area (Å²) in [5.74, 6) is 0.435. The van der Waals surface area contributed by atoms with Gasteiger partial charge in [-0.15, -0.1) is 0 Å². The molecule has 0 radical (unpaired) electrons. The molecule has 1 aromatic rings. The summed E-state index contributed by atoms with van der Waals surface area (Å²) >= 11 is 0. The summed E-state index contributed by atoms with van der Waals surface area (Å²) in [6.07, 6.45) is 2.05. The van der Waals surface area contributed by atoms with Crippen molar-refractivity contribution in [3.63, 3.8) is 0 Å². The van der Waals surface area contributed by atoms with Crippen molar-refractivity contribution in [2.45, 2.75) is 59.1 Å². The van der Waals surface area contributed by atoms with Crippen molar-refractivity contribution in [3.05, 3.63) is 41.5 Å². The molecule has 1 fully saturated rings. The zero-order valence-electron chi connectivity index (χ0n) is 21.0. The highest BCUT2D eigenvalue weighted by molar-refractivity contribution is 5.90. The largest absolute Gasteiger partial charge is 0.465 e. The molecule has 1 aliphatic rings. The molecule has 180 valence electrons. The minimum atomic E-state index is -0.430. The molecule has 2 rings (SSSR count). The molecule has 1 aliphatic heterocycles. The molecule has 1 aromatic carbocycles. The van der Waals surface area contributed by atoms with Crippen LogP contribution < -0.4 is 10.6 Å². The number of likely N-dealkylation sites (N-methyl/N-ethyl adjacent to an activating group) is 1. The van der Waals surface area contributed by atoms with Crippen LogP contribution in [0.5, 0.6) is 0 Å². The number of carbonyl (C=O) groups is 2. The van der Waals surface area contributed by atoms with Crippen molar-refractivity contribution >= 4 is 17.7 Å². The SMILES string of the molecule is C=C(C)CN(C)C(=O)OC(C)(C)C.CNc1cc(C(=O)OC)ccc1C1CC(C)CCN1. The number of methoxy groups -OCH3 is 1. The number of amides is 1. The van der Waals surface area contributed by atoms with E-state index in [2.05, 4.69) is 24.1 Å². The molecule has 7 heteroatoms. The van der Waals surface area contributed by atoms with E-state index in [1.165, 1.54) is 24.0 Å². The fraction of sp³-hybridized carbons (Fsp3) is 0.600. The van der Waals surface area contributed by atoms with Crippen LogP contribution in [0.1, 0.15) is 69.4 Å². The van der Waals surface area contributed by atoms with Crippen molar-refractivity contribution in [3.8, 4) is 0 Å². The molecule has 7 nitrogen and oxygen atoms in total. The molecule has 0 saturated carbocycles. The third-order valence-corrected chi connectivity index (χ3v) is 5.00. The first-order chi connectivity index (χ1) is 14.9. The molecule has 2 atom stereocenters. The van der Waals surface area contributed by atoms with E-state index < -0.39 is 5.60 Å². The van der Waals surface area contributed by atoms with Gasteiger partial charge in [-0.2, -0.15) is 0 Å². The minimum Gasteiger partial charge on any atom is -0.465 e. The second kappa shape index (κ2) is 12.5. The maximum absolute atomic E-state index is 11.6. The number of benzene rings is 1. The number of nitrogens with one attached hydrogen (secondary N) is 2. The smallest absolute Gasteiger partial charge is 0.410 e. The van der Waals surface area contributed by atoms with Gasteiger partial charge in [0.05, 0.1) is 12.7 Å². The number of esters is 1. The Hall–Kier alpha value is -2.54. The lowest BCUT2D eigenvalue weighted by Crippen LogP contribution is -2.34. The molecule has 1 saturated heterocycles. The number of nitrogens with zero attached hydrogens (tertiary/aromatic N) is 1. The average molecular weight is 448 g/mol. The van der Waals surface area contributed by atoms with Crippen molar-refractivity contribution in [2.24, 2.45) is 5.92 Å². The van der Waals surface area contributed by atoms with Crippen molar-refractivity contribution in [1.29, 1.82) is 0 Å². The molecular formula is C25H41N3O4. The van der Waals surface area contributed by atoms with Gasteiger partial charge in [-0.1, -0.05) is 25.1 Å². The summed E-state index contributed by atoms with van der Waals surface area (Å²) in [6.45, 7) is 15.0. The third-order valence-electron chi connectivity index (χ3n) is 5.00. The van der Waals surface area contributed by atoms with Crippen LogP contribution in [0, 0.1) is 5.92 Å². The Morgan fingerprint density at radius 1 is 1.31 bits per heavy atom. The Bertz CT molecular complexity index is 786. The zero-order valence-corrected chi connectivity index (χ0v) is 21.0. The summed E-state index contributed by atoms with van der Waals surface area (Å²) in [5, 5.41) is 6.73. The fourth-order valence-corrected chi connectivity index (χ4v) is 3.48. The highest BCUT2D eigenvalue weighted by Crippen LogP contribution is 2.32. The molecule has 2 N–H and O–H groups in total. The Morgan fingerprint density at radius 2 is 1.97 bits per heavy atom.